The molecule has 0 aromatic carbocycles. The van der Waals surface area contributed by atoms with Crippen molar-refractivity contribution in [1.82, 2.24) is 10.2 Å². The quantitative estimate of drug-likeness (QED) is 0.774. The van der Waals surface area contributed by atoms with Crippen molar-refractivity contribution in [2.24, 2.45) is 0 Å². The number of thiophene rings is 2. The molecule has 0 aliphatic rings. The van der Waals surface area contributed by atoms with Crippen LogP contribution in [0.2, 0.25) is 4.34 Å². The van der Waals surface area contributed by atoms with Gasteiger partial charge in [-0.25, -0.2) is 0 Å². The minimum absolute atomic E-state index is 0.277. The smallest absolute Gasteiger partial charge is 0.0931 e. The molecule has 1 unspecified atom stereocenters. The normalized spacial score (nSPS) is 13.1. The van der Waals surface area contributed by atoms with Gasteiger partial charge in [0.1, 0.15) is 0 Å². The van der Waals surface area contributed by atoms with Crippen LogP contribution in [0.5, 0.6) is 0 Å². The molecular weight excluding hydrogens is 296 g/mol. The van der Waals surface area contributed by atoms with E-state index in [-0.39, 0.29) is 6.04 Å². The summed E-state index contributed by atoms with van der Waals surface area (Å²) in [6.45, 7) is 2.12. The molecule has 2 heterocycles. The van der Waals surface area contributed by atoms with Gasteiger partial charge >= 0.3 is 0 Å². The number of nitrogens with one attached hydrogen (secondary N) is 1. The third-order valence-corrected chi connectivity index (χ3v) is 5.07. The minimum atomic E-state index is 0.277. The lowest BCUT2D eigenvalue weighted by molar-refractivity contribution is 0.391. The Balaban J connectivity index is 1.99. The summed E-state index contributed by atoms with van der Waals surface area (Å²) in [5.74, 6) is 0. The summed E-state index contributed by atoms with van der Waals surface area (Å²) in [5.41, 5.74) is 0. The molecule has 0 saturated carbocycles. The topological polar surface area (TPSA) is 15.3 Å². The van der Waals surface area contributed by atoms with Gasteiger partial charge in [-0.15, -0.1) is 22.7 Å². The molecule has 1 atom stereocenters. The molecule has 19 heavy (non-hydrogen) atoms. The van der Waals surface area contributed by atoms with Crippen molar-refractivity contribution in [1.29, 1.82) is 0 Å². The van der Waals surface area contributed by atoms with Crippen LogP contribution < -0.4 is 5.32 Å². The predicted molar refractivity (Wildman–Crippen MR) is 86.7 cm³/mol. The summed E-state index contributed by atoms with van der Waals surface area (Å²) in [5, 5.41) is 5.77. The second-order valence-electron chi connectivity index (χ2n) is 4.70. The SMILES string of the molecule is CN(C)CCCNC(c1cccs1)c1ccc(Cl)s1. The van der Waals surface area contributed by atoms with Gasteiger partial charge < -0.3 is 10.2 Å². The molecule has 0 saturated heterocycles. The first-order valence-electron chi connectivity index (χ1n) is 6.33. The molecule has 0 bridgehead atoms. The molecule has 1 N–H and O–H groups in total. The Hall–Kier alpha value is -0.390. The number of nitrogens with zero attached hydrogens (tertiary/aromatic N) is 1. The fraction of sp³-hybridized carbons (Fsp3) is 0.429. The van der Waals surface area contributed by atoms with Crippen LogP contribution in [-0.4, -0.2) is 32.1 Å². The average Bonchev–Trinajstić information content (AvgIpc) is 3.00. The second kappa shape index (κ2) is 7.41. The van der Waals surface area contributed by atoms with Crippen molar-refractivity contribution in [3.05, 3.63) is 43.7 Å². The summed E-state index contributed by atoms with van der Waals surface area (Å²) >= 11 is 9.50. The highest BCUT2D eigenvalue weighted by Crippen LogP contribution is 2.32. The molecule has 0 amide bonds. The van der Waals surface area contributed by atoms with E-state index in [0.29, 0.717) is 0 Å². The third kappa shape index (κ3) is 4.58. The zero-order chi connectivity index (χ0) is 13.7. The standard InChI is InChI=1S/C14H19ClN2S2/c1-17(2)9-4-8-16-14(11-5-3-10-18-11)12-6-7-13(15)19-12/h3,5-7,10,14,16H,4,8-9H2,1-2H3. The Bertz CT molecular complexity index is 479. The van der Waals surface area contributed by atoms with E-state index in [0.717, 1.165) is 23.8 Å². The van der Waals surface area contributed by atoms with Crippen molar-refractivity contribution >= 4 is 34.3 Å². The lowest BCUT2D eigenvalue weighted by Crippen LogP contribution is -2.25. The maximum Gasteiger partial charge on any atom is 0.0931 e. The third-order valence-electron chi connectivity index (χ3n) is 2.84. The Labute approximate surface area is 128 Å². The van der Waals surface area contributed by atoms with E-state index in [2.05, 4.69) is 47.9 Å². The maximum absolute atomic E-state index is 6.06. The highest BCUT2D eigenvalue weighted by Gasteiger charge is 2.16. The summed E-state index contributed by atoms with van der Waals surface area (Å²) in [7, 11) is 4.21. The van der Waals surface area contributed by atoms with Crippen LogP contribution in [0, 0.1) is 0 Å². The van der Waals surface area contributed by atoms with E-state index < -0.39 is 0 Å². The van der Waals surface area contributed by atoms with Gasteiger partial charge in [-0.05, 0) is 57.2 Å². The van der Waals surface area contributed by atoms with Crippen LogP contribution in [0.15, 0.2) is 29.6 Å². The molecule has 0 spiro atoms. The van der Waals surface area contributed by atoms with Crippen LogP contribution in [0.1, 0.15) is 22.2 Å². The first-order valence-corrected chi connectivity index (χ1v) is 8.41. The minimum Gasteiger partial charge on any atom is -0.309 e. The van der Waals surface area contributed by atoms with Gasteiger partial charge in [0.05, 0.1) is 10.4 Å². The average molecular weight is 315 g/mol. The van der Waals surface area contributed by atoms with E-state index >= 15 is 0 Å². The fourth-order valence-electron chi connectivity index (χ4n) is 1.92. The first kappa shape index (κ1) is 15.0. The van der Waals surface area contributed by atoms with E-state index in [1.54, 1.807) is 22.7 Å². The van der Waals surface area contributed by atoms with Crippen LogP contribution in [0.4, 0.5) is 0 Å². The van der Waals surface area contributed by atoms with Crippen LogP contribution in [-0.2, 0) is 0 Å². The van der Waals surface area contributed by atoms with Gasteiger partial charge in [0.2, 0.25) is 0 Å². The highest BCUT2D eigenvalue weighted by molar-refractivity contribution is 7.16. The van der Waals surface area contributed by atoms with Crippen LogP contribution >= 0.6 is 34.3 Å². The maximum atomic E-state index is 6.06. The summed E-state index contributed by atoms with van der Waals surface area (Å²) in [6, 6.07) is 8.66. The van der Waals surface area contributed by atoms with Gasteiger partial charge in [-0.1, -0.05) is 17.7 Å². The van der Waals surface area contributed by atoms with Crippen molar-refractivity contribution in [3.8, 4) is 0 Å². The largest absolute Gasteiger partial charge is 0.309 e. The van der Waals surface area contributed by atoms with Gasteiger partial charge in [0.25, 0.3) is 0 Å². The molecule has 2 rings (SSSR count). The van der Waals surface area contributed by atoms with Crippen LogP contribution in [0.25, 0.3) is 0 Å². The van der Waals surface area contributed by atoms with E-state index in [1.165, 1.54) is 9.75 Å². The predicted octanol–water partition coefficient (Wildman–Crippen LogP) is 4.09. The molecule has 0 radical (unpaired) electrons. The monoisotopic (exact) mass is 314 g/mol. The number of hydrogen-bond donors (Lipinski definition) is 1. The molecule has 2 nitrogen and oxygen atoms in total. The lowest BCUT2D eigenvalue weighted by atomic mass is 10.2. The van der Waals surface area contributed by atoms with Gasteiger partial charge in [-0.3, -0.25) is 0 Å². The van der Waals surface area contributed by atoms with Gasteiger partial charge in [0, 0.05) is 9.75 Å². The Kier molecular flexibility index (Phi) is 5.85. The molecule has 5 heteroatoms. The Morgan fingerprint density at radius 2 is 2.11 bits per heavy atom. The Morgan fingerprint density at radius 1 is 1.26 bits per heavy atom. The van der Waals surface area contributed by atoms with Crippen molar-refractivity contribution in [2.45, 2.75) is 12.5 Å². The zero-order valence-electron chi connectivity index (χ0n) is 11.2. The van der Waals surface area contributed by atoms with Crippen LogP contribution in [0.3, 0.4) is 0 Å². The van der Waals surface area contributed by atoms with Gasteiger partial charge in [0.15, 0.2) is 0 Å². The molecular formula is C14H19ClN2S2. The summed E-state index contributed by atoms with van der Waals surface area (Å²) < 4.78 is 0.853. The fourth-order valence-corrected chi connectivity index (χ4v) is 3.97. The van der Waals surface area contributed by atoms with Crippen molar-refractivity contribution < 1.29 is 0 Å². The van der Waals surface area contributed by atoms with Gasteiger partial charge in [-0.2, -0.15) is 0 Å². The second-order valence-corrected chi connectivity index (χ2v) is 7.43. The molecule has 0 aliphatic carbocycles. The Morgan fingerprint density at radius 3 is 2.68 bits per heavy atom. The molecule has 0 aliphatic heterocycles. The van der Waals surface area contributed by atoms with E-state index in [9.17, 15) is 0 Å². The van der Waals surface area contributed by atoms with E-state index in [4.69, 9.17) is 11.6 Å². The first-order chi connectivity index (χ1) is 9.16. The number of hydrogen-bond acceptors (Lipinski definition) is 4. The summed E-state index contributed by atoms with van der Waals surface area (Å²) in [4.78, 5) is 4.85. The van der Waals surface area contributed by atoms with E-state index in [1.807, 2.05) is 6.07 Å². The molecule has 2 aromatic rings. The molecule has 2 aromatic heterocycles. The number of rotatable bonds is 7. The summed E-state index contributed by atoms with van der Waals surface area (Å²) in [6.07, 6.45) is 1.15. The highest BCUT2D eigenvalue weighted by atomic mass is 35.5. The molecule has 104 valence electrons. The molecule has 0 fully saturated rings. The van der Waals surface area contributed by atoms with Crippen molar-refractivity contribution in [2.75, 3.05) is 27.2 Å². The lowest BCUT2D eigenvalue weighted by Gasteiger charge is -2.17. The number of halogens is 1. The zero-order valence-corrected chi connectivity index (χ0v) is 13.6. The van der Waals surface area contributed by atoms with Crippen molar-refractivity contribution in [3.63, 3.8) is 0 Å².